The van der Waals surface area contributed by atoms with E-state index in [2.05, 4.69) is 15.5 Å². The normalized spacial score (nSPS) is 14.8. The van der Waals surface area contributed by atoms with Crippen LogP contribution in [0.4, 0.5) is 5.13 Å². The molecule has 1 N–H and O–H groups in total. The fourth-order valence-corrected chi connectivity index (χ4v) is 4.24. The van der Waals surface area contributed by atoms with Gasteiger partial charge in [-0.05, 0) is 25.3 Å². The van der Waals surface area contributed by atoms with Gasteiger partial charge in [0, 0.05) is 13.0 Å². The number of rotatable bonds is 7. The van der Waals surface area contributed by atoms with Gasteiger partial charge in [-0.15, -0.1) is 10.2 Å². The molecule has 1 fully saturated rings. The number of benzene rings is 1. The molecule has 1 unspecified atom stereocenters. The summed E-state index contributed by atoms with van der Waals surface area (Å²) >= 11 is 2.70. The molecule has 0 spiro atoms. The first-order valence-corrected chi connectivity index (χ1v) is 9.95. The van der Waals surface area contributed by atoms with Crippen LogP contribution < -0.4 is 10.2 Å². The number of hydrogen-bond donors (Lipinski definition) is 1. The molecule has 2 amide bonds. The second-order valence-corrected chi connectivity index (χ2v) is 8.14. The van der Waals surface area contributed by atoms with Crippen molar-refractivity contribution in [2.75, 3.05) is 10.7 Å². The van der Waals surface area contributed by atoms with Gasteiger partial charge in [-0.1, -0.05) is 53.4 Å². The van der Waals surface area contributed by atoms with E-state index < -0.39 is 0 Å². The lowest BCUT2D eigenvalue weighted by Crippen LogP contribution is -2.30. The highest BCUT2D eigenvalue weighted by Crippen LogP contribution is 2.35. The number of nitrogens with zero attached hydrogens (tertiary/aromatic N) is 3. The average molecular weight is 377 g/mol. The Morgan fingerprint density at radius 3 is 2.68 bits per heavy atom. The summed E-state index contributed by atoms with van der Waals surface area (Å²) in [6, 6.07) is 10.1. The average Bonchev–Trinajstić information content (AvgIpc) is 3.31. The third kappa shape index (κ3) is 4.79. The van der Waals surface area contributed by atoms with Crippen LogP contribution in [0.15, 0.2) is 34.7 Å². The summed E-state index contributed by atoms with van der Waals surface area (Å²) in [4.78, 5) is 25.6. The fraction of sp³-hybridized carbons (Fsp3) is 0.412. The lowest BCUT2D eigenvalue weighted by molar-refractivity contribution is -0.119. The van der Waals surface area contributed by atoms with Crippen LogP contribution in [0.5, 0.6) is 0 Å². The highest BCUT2D eigenvalue weighted by Gasteiger charge is 2.34. The second-order valence-electron chi connectivity index (χ2n) is 5.96. The zero-order valence-electron chi connectivity index (χ0n) is 14.1. The van der Waals surface area contributed by atoms with Gasteiger partial charge in [0.2, 0.25) is 16.9 Å². The molecule has 1 aliphatic carbocycles. The number of amides is 2. The van der Waals surface area contributed by atoms with Gasteiger partial charge in [0.1, 0.15) is 0 Å². The van der Waals surface area contributed by atoms with E-state index in [1.54, 1.807) is 11.8 Å². The van der Waals surface area contributed by atoms with Gasteiger partial charge < -0.3 is 5.32 Å². The van der Waals surface area contributed by atoms with Crippen LogP contribution in [0.25, 0.3) is 0 Å². The number of aromatic nitrogens is 2. The summed E-state index contributed by atoms with van der Waals surface area (Å²) in [6.07, 6.45) is 2.03. The zero-order valence-corrected chi connectivity index (χ0v) is 15.8. The SMILES string of the molecule is CC(=O)N(c1nnc(SCC(=O)NC(C)c2ccccc2)s1)C1CC1. The van der Waals surface area contributed by atoms with Crippen LogP contribution in [0, 0.1) is 0 Å². The molecule has 25 heavy (non-hydrogen) atoms. The van der Waals surface area contributed by atoms with Crippen molar-refractivity contribution in [2.45, 2.75) is 43.1 Å². The van der Waals surface area contributed by atoms with Crippen LogP contribution >= 0.6 is 23.1 Å². The molecule has 0 saturated heterocycles. The first kappa shape index (κ1) is 17.9. The van der Waals surface area contributed by atoms with Gasteiger partial charge >= 0.3 is 0 Å². The van der Waals surface area contributed by atoms with Crippen molar-refractivity contribution in [3.63, 3.8) is 0 Å². The molecule has 1 saturated carbocycles. The maximum absolute atomic E-state index is 12.1. The molecule has 1 heterocycles. The number of carbonyl (C=O) groups excluding carboxylic acids is 2. The minimum absolute atomic E-state index is 0.00960. The van der Waals surface area contributed by atoms with Crippen molar-refractivity contribution < 1.29 is 9.59 Å². The molecule has 6 nitrogen and oxygen atoms in total. The van der Waals surface area contributed by atoms with Crippen molar-refractivity contribution in [3.8, 4) is 0 Å². The molecule has 1 atom stereocenters. The van der Waals surface area contributed by atoms with Crippen molar-refractivity contribution in [1.29, 1.82) is 0 Å². The highest BCUT2D eigenvalue weighted by molar-refractivity contribution is 8.01. The smallest absolute Gasteiger partial charge is 0.230 e. The maximum Gasteiger partial charge on any atom is 0.230 e. The van der Waals surface area contributed by atoms with E-state index in [9.17, 15) is 9.59 Å². The fourth-order valence-electron chi connectivity index (χ4n) is 2.47. The number of hydrogen-bond acceptors (Lipinski definition) is 6. The molecular weight excluding hydrogens is 356 g/mol. The highest BCUT2D eigenvalue weighted by atomic mass is 32.2. The molecular formula is C17H20N4O2S2. The molecule has 0 aliphatic heterocycles. The minimum Gasteiger partial charge on any atom is -0.349 e. The molecule has 1 aromatic carbocycles. The Balaban J connectivity index is 1.52. The van der Waals surface area contributed by atoms with Crippen molar-refractivity contribution >= 4 is 40.0 Å². The monoisotopic (exact) mass is 376 g/mol. The summed E-state index contributed by atoms with van der Waals surface area (Å²) < 4.78 is 0.699. The Labute approximate surface area is 155 Å². The van der Waals surface area contributed by atoms with Gasteiger partial charge in [0.15, 0.2) is 4.34 Å². The Morgan fingerprint density at radius 1 is 1.32 bits per heavy atom. The molecule has 3 rings (SSSR count). The van der Waals surface area contributed by atoms with Gasteiger partial charge in [0.25, 0.3) is 0 Å². The van der Waals surface area contributed by atoms with E-state index in [1.165, 1.54) is 23.1 Å². The Hall–Kier alpha value is -1.93. The van der Waals surface area contributed by atoms with Gasteiger partial charge in [-0.2, -0.15) is 0 Å². The first-order chi connectivity index (χ1) is 12.0. The zero-order chi connectivity index (χ0) is 17.8. The number of thioether (sulfide) groups is 1. The van der Waals surface area contributed by atoms with Crippen LogP contribution in [-0.2, 0) is 9.59 Å². The Kier molecular flexibility index (Phi) is 5.70. The Morgan fingerprint density at radius 2 is 2.04 bits per heavy atom. The van der Waals surface area contributed by atoms with E-state index in [4.69, 9.17) is 0 Å². The molecule has 0 radical (unpaired) electrons. The molecule has 1 aliphatic rings. The van der Waals surface area contributed by atoms with Gasteiger partial charge in [0.05, 0.1) is 11.8 Å². The Bertz CT molecular complexity index is 746. The predicted octanol–water partition coefficient (Wildman–Crippen LogP) is 3.02. The summed E-state index contributed by atoms with van der Waals surface area (Å²) in [7, 11) is 0. The molecule has 2 aromatic rings. The van der Waals surface area contributed by atoms with E-state index in [1.807, 2.05) is 37.3 Å². The molecule has 0 bridgehead atoms. The van der Waals surface area contributed by atoms with E-state index >= 15 is 0 Å². The van der Waals surface area contributed by atoms with Crippen molar-refractivity contribution in [2.24, 2.45) is 0 Å². The van der Waals surface area contributed by atoms with Crippen molar-refractivity contribution in [3.05, 3.63) is 35.9 Å². The minimum atomic E-state index is -0.0521. The summed E-state index contributed by atoms with van der Waals surface area (Å²) in [5.74, 6) is 0.211. The first-order valence-electron chi connectivity index (χ1n) is 8.15. The molecule has 1 aromatic heterocycles. The van der Waals surface area contributed by atoms with E-state index in [0.29, 0.717) is 9.47 Å². The quantitative estimate of drug-likeness (QED) is 0.594. The summed E-state index contributed by atoms with van der Waals surface area (Å²) in [6.45, 7) is 3.51. The second kappa shape index (κ2) is 7.97. The number of nitrogens with one attached hydrogen (secondary N) is 1. The number of carbonyl (C=O) groups is 2. The standard InChI is InChI=1S/C17H20N4O2S2/c1-11(13-6-4-3-5-7-13)18-15(23)10-24-17-20-19-16(25-17)21(12(2)22)14-8-9-14/h3-7,11,14H,8-10H2,1-2H3,(H,18,23). The van der Waals surface area contributed by atoms with E-state index in [0.717, 1.165) is 18.4 Å². The van der Waals surface area contributed by atoms with Crippen LogP contribution in [0.2, 0.25) is 0 Å². The largest absolute Gasteiger partial charge is 0.349 e. The summed E-state index contributed by atoms with van der Waals surface area (Å²) in [5.41, 5.74) is 1.07. The summed E-state index contributed by atoms with van der Waals surface area (Å²) in [5, 5.41) is 11.8. The van der Waals surface area contributed by atoms with Crippen LogP contribution in [-0.4, -0.2) is 33.8 Å². The molecule has 8 heteroatoms. The third-order valence-electron chi connectivity index (χ3n) is 3.86. The van der Waals surface area contributed by atoms with Crippen molar-refractivity contribution in [1.82, 2.24) is 15.5 Å². The third-order valence-corrected chi connectivity index (χ3v) is 5.91. The van der Waals surface area contributed by atoms with E-state index in [-0.39, 0.29) is 29.7 Å². The topological polar surface area (TPSA) is 75.2 Å². The lowest BCUT2D eigenvalue weighted by Gasteiger charge is -2.15. The van der Waals surface area contributed by atoms with Gasteiger partial charge in [-0.3, -0.25) is 14.5 Å². The predicted molar refractivity (Wildman–Crippen MR) is 99.8 cm³/mol. The van der Waals surface area contributed by atoms with Crippen LogP contribution in [0.3, 0.4) is 0 Å². The van der Waals surface area contributed by atoms with Crippen LogP contribution in [0.1, 0.15) is 38.3 Å². The van der Waals surface area contributed by atoms with Gasteiger partial charge in [-0.25, -0.2) is 0 Å². The molecule has 132 valence electrons. The lowest BCUT2D eigenvalue weighted by atomic mass is 10.1. The number of anilines is 1. The maximum atomic E-state index is 12.1.